The van der Waals surface area contributed by atoms with Gasteiger partial charge in [-0.15, -0.1) is 0 Å². The second-order valence-electron chi connectivity index (χ2n) is 3.19. The number of halogens is 2. The van der Waals surface area contributed by atoms with Crippen molar-refractivity contribution < 1.29 is 4.74 Å². The molecule has 0 bridgehead atoms. The highest BCUT2D eigenvalue weighted by Gasteiger charge is 2.05. The van der Waals surface area contributed by atoms with Crippen molar-refractivity contribution in [3.05, 3.63) is 46.6 Å². The first kappa shape index (κ1) is 11.2. The Bertz CT molecular complexity index is 514. The highest BCUT2D eigenvalue weighted by molar-refractivity contribution is 6.32. The number of hydrogen-bond donors (Lipinski definition) is 0. The van der Waals surface area contributed by atoms with Gasteiger partial charge in [-0.05, 0) is 24.3 Å². The Morgan fingerprint density at radius 1 is 1.12 bits per heavy atom. The van der Waals surface area contributed by atoms with Crippen LogP contribution in [0, 0.1) is 0 Å². The van der Waals surface area contributed by atoms with Gasteiger partial charge in [-0.3, -0.25) is 0 Å². The van der Waals surface area contributed by atoms with Gasteiger partial charge in [0.25, 0.3) is 0 Å². The van der Waals surface area contributed by atoms with Crippen molar-refractivity contribution >= 4 is 23.2 Å². The van der Waals surface area contributed by atoms with Crippen LogP contribution in [0.25, 0.3) is 11.3 Å². The fourth-order valence-electron chi connectivity index (χ4n) is 1.39. The summed E-state index contributed by atoms with van der Waals surface area (Å²) in [5.74, 6) is 0.626. The molecule has 0 saturated heterocycles. The molecule has 1 aromatic carbocycles. The third-order valence-corrected chi connectivity index (χ3v) is 2.68. The Labute approximate surface area is 104 Å². The highest BCUT2D eigenvalue weighted by atomic mass is 35.5. The van der Waals surface area contributed by atoms with Crippen LogP contribution in [0.15, 0.2) is 36.4 Å². The number of rotatable bonds is 2. The van der Waals surface area contributed by atoms with Crippen molar-refractivity contribution in [3.8, 4) is 17.0 Å². The van der Waals surface area contributed by atoms with Crippen LogP contribution in [0.4, 0.5) is 0 Å². The molecule has 4 heteroatoms. The number of methoxy groups -OCH3 is 1. The zero-order chi connectivity index (χ0) is 11.5. The van der Waals surface area contributed by atoms with E-state index in [0.29, 0.717) is 15.9 Å². The predicted molar refractivity (Wildman–Crippen MR) is 66.2 cm³/mol. The smallest absolute Gasteiger partial charge is 0.138 e. The number of ether oxygens (including phenoxy) is 1. The fourth-order valence-corrected chi connectivity index (χ4v) is 1.75. The number of benzene rings is 1. The van der Waals surface area contributed by atoms with Gasteiger partial charge in [0.15, 0.2) is 0 Å². The summed E-state index contributed by atoms with van der Waals surface area (Å²) >= 11 is 11.8. The van der Waals surface area contributed by atoms with Crippen molar-refractivity contribution in [3.63, 3.8) is 0 Å². The molecule has 2 nitrogen and oxygen atoms in total. The van der Waals surface area contributed by atoms with Gasteiger partial charge >= 0.3 is 0 Å². The molecule has 0 saturated carbocycles. The normalized spacial score (nSPS) is 10.2. The maximum absolute atomic E-state index is 5.94. The maximum Gasteiger partial charge on any atom is 0.138 e. The molecule has 1 heterocycles. The van der Waals surface area contributed by atoms with Crippen LogP contribution in [0.5, 0.6) is 5.75 Å². The van der Waals surface area contributed by atoms with Crippen molar-refractivity contribution in [1.82, 2.24) is 4.98 Å². The van der Waals surface area contributed by atoms with E-state index in [0.717, 1.165) is 11.3 Å². The summed E-state index contributed by atoms with van der Waals surface area (Å²) in [7, 11) is 1.58. The Morgan fingerprint density at radius 3 is 2.62 bits per heavy atom. The molecule has 0 spiro atoms. The van der Waals surface area contributed by atoms with E-state index in [2.05, 4.69) is 4.98 Å². The van der Waals surface area contributed by atoms with Crippen LogP contribution in [0.1, 0.15) is 0 Å². The molecule has 82 valence electrons. The maximum atomic E-state index is 5.94. The van der Waals surface area contributed by atoms with E-state index >= 15 is 0 Å². The van der Waals surface area contributed by atoms with Gasteiger partial charge in [-0.2, -0.15) is 0 Å². The molecule has 0 aliphatic carbocycles. The quantitative estimate of drug-likeness (QED) is 0.754. The van der Waals surface area contributed by atoms with Crippen LogP contribution in [-0.2, 0) is 0 Å². The van der Waals surface area contributed by atoms with Crippen molar-refractivity contribution in [2.45, 2.75) is 0 Å². The second kappa shape index (κ2) is 4.73. The molecular weight excluding hydrogens is 245 g/mol. The molecule has 0 amide bonds. The zero-order valence-electron chi connectivity index (χ0n) is 8.58. The van der Waals surface area contributed by atoms with Crippen molar-refractivity contribution in [2.24, 2.45) is 0 Å². The fraction of sp³-hybridized carbons (Fsp3) is 0.0833. The minimum atomic E-state index is 0.464. The topological polar surface area (TPSA) is 22.1 Å². The molecule has 2 aromatic rings. The van der Waals surface area contributed by atoms with E-state index in [1.165, 1.54) is 0 Å². The van der Waals surface area contributed by atoms with Gasteiger partial charge in [0.2, 0.25) is 0 Å². The standard InChI is InChI=1S/C12H9Cl2NO/c1-16-11-7-8(5-6-9(11)13)10-3-2-4-12(14)15-10/h2-7H,1H3. The Balaban J connectivity index is 2.48. The molecule has 0 aliphatic rings. The van der Waals surface area contributed by atoms with Crippen LogP contribution in [-0.4, -0.2) is 12.1 Å². The lowest BCUT2D eigenvalue weighted by atomic mass is 10.1. The molecule has 16 heavy (non-hydrogen) atoms. The monoisotopic (exact) mass is 253 g/mol. The highest BCUT2D eigenvalue weighted by Crippen LogP contribution is 2.29. The molecule has 0 radical (unpaired) electrons. The second-order valence-corrected chi connectivity index (χ2v) is 3.99. The molecule has 0 fully saturated rings. The van der Waals surface area contributed by atoms with Crippen molar-refractivity contribution in [1.29, 1.82) is 0 Å². The largest absolute Gasteiger partial charge is 0.495 e. The number of aromatic nitrogens is 1. The Morgan fingerprint density at radius 2 is 1.94 bits per heavy atom. The van der Waals surface area contributed by atoms with Gasteiger partial charge in [-0.25, -0.2) is 4.98 Å². The average molecular weight is 254 g/mol. The Kier molecular flexibility index (Phi) is 3.32. The average Bonchev–Trinajstić information content (AvgIpc) is 2.29. The van der Waals surface area contributed by atoms with Gasteiger partial charge in [0, 0.05) is 5.56 Å². The van der Waals surface area contributed by atoms with Gasteiger partial charge in [-0.1, -0.05) is 35.3 Å². The van der Waals surface area contributed by atoms with Crippen LogP contribution in [0.2, 0.25) is 10.2 Å². The first-order valence-corrected chi connectivity index (χ1v) is 5.43. The molecule has 0 unspecified atom stereocenters. The molecule has 1 aromatic heterocycles. The van der Waals surface area contributed by atoms with Crippen molar-refractivity contribution in [2.75, 3.05) is 7.11 Å². The first-order chi connectivity index (χ1) is 7.70. The third kappa shape index (κ3) is 2.29. The van der Waals surface area contributed by atoms with E-state index < -0.39 is 0 Å². The predicted octanol–water partition coefficient (Wildman–Crippen LogP) is 4.06. The number of pyridine rings is 1. The number of hydrogen-bond acceptors (Lipinski definition) is 2. The lowest BCUT2D eigenvalue weighted by molar-refractivity contribution is 0.415. The summed E-state index contributed by atoms with van der Waals surface area (Å²) in [5.41, 5.74) is 1.71. The van der Waals surface area contributed by atoms with Crippen LogP contribution < -0.4 is 4.74 Å². The van der Waals surface area contributed by atoms with Gasteiger partial charge in [0.1, 0.15) is 10.9 Å². The van der Waals surface area contributed by atoms with E-state index in [1.54, 1.807) is 19.2 Å². The lowest BCUT2D eigenvalue weighted by Gasteiger charge is -2.06. The summed E-state index contributed by atoms with van der Waals surface area (Å²) in [4.78, 5) is 4.22. The van der Waals surface area contributed by atoms with Crippen LogP contribution in [0.3, 0.4) is 0 Å². The first-order valence-electron chi connectivity index (χ1n) is 4.67. The SMILES string of the molecule is COc1cc(-c2cccc(Cl)n2)ccc1Cl. The minimum absolute atomic E-state index is 0.464. The summed E-state index contributed by atoms with van der Waals surface area (Å²) in [6.07, 6.45) is 0. The summed E-state index contributed by atoms with van der Waals surface area (Å²) in [5, 5.41) is 1.04. The van der Waals surface area contributed by atoms with E-state index in [-0.39, 0.29) is 0 Å². The van der Waals surface area contributed by atoms with Gasteiger partial charge < -0.3 is 4.74 Å². The Hall–Kier alpha value is -1.25. The van der Waals surface area contributed by atoms with E-state index in [9.17, 15) is 0 Å². The van der Waals surface area contributed by atoms with E-state index in [4.69, 9.17) is 27.9 Å². The zero-order valence-corrected chi connectivity index (χ0v) is 10.1. The molecule has 2 rings (SSSR count). The molecule has 0 N–H and O–H groups in total. The van der Waals surface area contributed by atoms with Crippen LogP contribution >= 0.6 is 23.2 Å². The van der Waals surface area contributed by atoms with E-state index in [1.807, 2.05) is 24.3 Å². The lowest BCUT2D eigenvalue weighted by Crippen LogP contribution is -1.87. The molecular formula is C12H9Cl2NO. The summed E-state index contributed by atoms with van der Waals surface area (Å²) in [6, 6.07) is 11.0. The summed E-state index contributed by atoms with van der Waals surface area (Å²) < 4.78 is 5.14. The molecule has 0 aliphatic heterocycles. The molecule has 0 atom stereocenters. The third-order valence-electron chi connectivity index (χ3n) is 2.16. The number of nitrogens with zero attached hydrogens (tertiary/aromatic N) is 1. The minimum Gasteiger partial charge on any atom is -0.495 e. The van der Waals surface area contributed by atoms with Gasteiger partial charge in [0.05, 0.1) is 17.8 Å². The summed E-state index contributed by atoms with van der Waals surface area (Å²) in [6.45, 7) is 0.